The first-order valence-corrected chi connectivity index (χ1v) is 6.49. The van der Waals surface area contributed by atoms with Gasteiger partial charge >= 0.3 is 0 Å². The smallest absolute Gasteiger partial charge is 0.0888 e. The van der Waals surface area contributed by atoms with Gasteiger partial charge in [0.15, 0.2) is 0 Å². The first-order chi connectivity index (χ1) is 8.38. The van der Waals surface area contributed by atoms with Gasteiger partial charge in [0.05, 0.1) is 18.9 Å². The van der Waals surface area contributed by atoms with Crippen molar-refractivity contribution in [1.82, 2.24) is 4.98 Å². The number of pyridine rings is 1. The van der Waals surface area contributed by atoms with E-state index in [4.69, 9.17) is 4.74 Å². The number of ether oxygens (including phenoxy) is 1. The minimum Gasteiger partial charge on any atom is -0.388 e. The molecule has 90 valence electrons. The van der Waals surface area contributed by atoms with E-state index in [-0.39, 0.29) is 0 Å². The van der Waals surface area contributed by atoms with Crippen LogP contribution in [0.15, 0.2) is 35.8 Å². The van der Waals surface area contributed by atoms with Gasteiger partial charge in [-0.1, -0.05) is 6.07 Å². The Morgan fingerprint density at radius 3 is 3.12 bits per heavy atom. The number of hydrogen-bond acceptors (Lipinski definition) is 4. The molecule has 2 heterocycles. The van der Waals surface area contributed by atoms with Gasteiger partial charge < -0.3 is 10.1 Å². The van der Waals surface area contributed by atoms with Crippen molar-refractivity contribution >= 4 is 17.0 Å². The second-order valence-corrected chi connectivity index (χ2v) is 4.70. The number of nitrogens with zero attached hydrogens (tertiary/aromatic N) is 1. The zero-order chi connectivity index (χ0) is 11.9. The van der Waals surface area contributed by atoms with Gasteiger partial charge in [-0.25, -0.2) is 0 Å². The van der Waals surface area contributed by atoms with Gasteiger partial charge in [0, 0.05) is 30.2 Å². The summed E-state index contributed by atoms with van der Waals surface area (Å²) in [5.41, 5.74) is 2.03. The van der Waals surface area contributed by atoms with Crippen LogP contribution in [-0.4, -0.2) is 18.6 Å². The molecule has 0 atom stereocenters. The summed E-state index contributed by atoms with van der Waals surface area (Å²) in [7, 11) is 1.90. The average molecular weight is 248 g/mol. The normalized spacial score (nSPS) is 10.4. The van der Waals surface area contributed by atoms with Crippen molar-refractivity contribution in [2.45, 2.75) is 13.0 Å². The summed E-state index contributed by atoms with van der Waals surface area (Å²) < 4.78 is 5.61. The lowest BCUT2D eigenvalue weighted by molar-refractivity contribution is 0.121. The summed E-state index contributed by atoms with van der Waals surface area (Å²) in [5, 5.41) is 5.18. The Kier molecular flexibility index (Phi) is 4.53. The van der Waals surface area contributed by atoms with E-state index in [0.717, 1.165) is 24.4 Å². The molecule has 0 aliphatic carbocycles. The number of nitrogens with one attached hydrogen (secondary N) is 1. The molecular weight excluding hydrogens is 232 g/mol. The van der Waals surface area contributed by atoms with E-state index in [1.165, 1.54) is 4.88 Å². The molecule has 0 amide bonds. The highest BCUT2D eigenvalue weighted by Gasteiger charge is 1.98. The third-order valence-corrected chi connectivity index (χ3v) is 3.36. The highest BCUT2D eigenvalue weighted by Crippen LogP contribution is 2.10. The van der Waals surface area contributed by atoms with Crippen LogP contribution in [0.1, 0.15) is 10.6 Å². The van der Waals surface area contributed by atoms with Crippen LogP contribution in [0.4, 0.5) is 5.69 Å². The molecule has 0 aliphatic heterocycles. The van der Waals surface area contributed by atoms with Crippen molar-refractivity contribution in [3.8, 4) is 0 Å². The molecule has 0 aliphatic rings. The van der Waals surface area contributed by atoms with Crippen LogP contribution in [0.3, 0.4) is 0 Å². The molecule has 0 spiro atoms. The number of rotatable bonds is 6. The molecule has 0 fully saturated rings. The lowest BCUT2D eigenvalue weighted by atomic mass is 10.3. The van der Waals surface area contributed by atoms with Gasteiger partial charge in [0.1, 0.15) is 0 Å². The molecule has 3 nitrogen and oxygen atoms in total. The zero-order valence-corrected chi connectivity index (χ0v) is 10.7. The van der Waals surface area contributed by atoms with E-state index in [1.807, 2.05) is 19.2 Å². The maximum Gasteiger partial charge on any atom is 0.0888 e. The van der Waals surface area contributed by atoms with E-state index >= 15 is 0 Å². The molecule has 2 aromatic rings. The van der Waals surface area contributed by atoms with Crippen LogP contribution in [-0.2, 0) is 17.8 Å². The molecule has 2 aromatic heterocycles. The fourth-order valence-corrected chi connectivity index (χ4v) is 2.21. The van der Waals surface area contributed by atoms with Crippen molar-refractivity contribution in [2.75, 3.05) is 19.0 Å². The molecule has 2 rings (SSSR count). The summed E-state index contributed by atoms with van der Waals surface area (Å²) in [5.74, 6) is 0. The molecular formula is C13H16N2OS. The van der Waals surface area contributed by atoms with Crippen LogP contribution < -0.4 is 5.32 Å². The van der Waals surface area contributed by atoms with E-state index < -0.39 is 0 Å². The van der Waals surface area contributed by atoms with E-state index in [2.05, 4.69) is 27.8 Å². The van der Waals surface area contributed by atoms with Crippen LogP contribution in [0.5, 0.6) is 0 Å². The maximum atomic E-state index is 5.61. The van der Waals surface area contributed by atoms with Crippen LogP contribution in [0.2, 0.25) is 0 Å². The second-order valence-electron chi connectivity index (χ2n) is 3.67. The fraction of sp³-hybridized carbons (Fsp3) is 0.308. The Labute approximate surface area is 105 Å². The Morgan fingerprint density at radius 1 is 1.41 bits per heavy atom. The van der Waals surface area contributed by atoms with Gasteiger partial charge in [-0.15, -0.1) is 11.3 Å². The summed E-state index contributed by atoms with van der Waals surface area (Å²) in [4.78, 5) is 5.62. The van der Waals surface area contributed by atoms with Crippen molar-refractivity contribution in [3.05, 3.63) is 46.4 Å². The van der Waals surface area contributed by atoms with Crippen molar-refractivity contribution < 1.29 is 4.74 Å². The number of anilines is 1. The van der Waals surface area contributed by atoms with Crippen molar-refractivity contribution in [2.24, 2.45) is 0 Å². The Hall–Kier alpha value is -1.39. The second kappa shape index (κ2) is 6.37. The standard InChI is InChI=1S/C13H16N2OS/c1-14-11-4-6-15-12(9-11)10-16-7-5-13-3-2-8-17-13/h2-4,6,8-9H,5,7,10H2,1H3,(H,14,15). The summed E-state index contributed by atoms with van der Waals surface area (Å²) in [6, 6.07) is 8.14. The number of aromatic nitrogens is 1. The van der Waals surface area contributed by atoms with E-state index in [9.17, 15) is 0 Å². The molecule has 0 unspecified atom stereocenters. The molecule has 0 saturated heterocycles. The number of hydrogen-bond donors (Lipinski definition) is 1. The zero-order valence-electron chi connectivity index (χ0n) is 9.85. The van der Waals surface area contributed by atoms with Crippen molar-refractivity contribution in [3.63, 3.8) is 0 Å². The number of thiophene rings is 1. The summed E-state index contributed by atoms with van der Waals surface area (Å²) >= 11 is 1.77. The topological polar surface area (TPSA) is 34.2 Å². The average Bonchev–Trinajstić information content (AvgIpc) is 2.88. The molecule has 17 heavy (non-hydrogen) atoms. The van der Waals surface area contributed by atoms with Crippen LogP contribution >= 0.6 is 11.3 Å². The third kappa shape index (κ3) is 3.84. The fourth-order valence-electron chi connectivity index (χ4n) is 1.52. The molecule has 0 saturated carbocycles. The Bertz CT molecular complexity index is 442. The SMILES string of the molecule is CNc1ccnc(COCCc2cccs2)c1. The lowest BCUT2D eigenvalue weighted by Crippen LogP contribution is -2.00. The minimum atomic E-state index is 0.570. The minimum absolute atomic E-state index is 0.570. The molecule has 1 N–H and O–H groups in total. The lowest BCUT2D eigenvalue weighted by Gasteiger charge is -2.05. The Morgan fingerprint density at radius 2 is 2.35 bits per heavy atom. The summed E-state index contributed by atoms with van der Waals surface area (Å²) in [6.45, 7) is 1.31. The molecule has 0 bridgehead atoms. The Balaban J connectivity index is 1.74. The van der Waals surface area contributed by atoms with Crippen molar-refractivity contribution in [1.29, 1.82) is 0 Å². The predicted molar refractivity (Wildman–Crippen MR) is 71.5 cm³/mol. The van der Waals surface area contributed by atoms with Gasteiger partial charge in [0.25, 0.3) is 0 Å². The molecule has 0 radical (unpaired) electrons. The third-order valence-electron chi connectivity index (χ3n) is 2.43. The highest BCUT2D eigenvalue weighted by molar-refractivity contribution is 7.09. The molecule has 0 aromatic carbocycles. The first kappa shape index (κ1) is 12.1. The highest BCUT2D eigenvalue weighted by atomic mass is 32.1. The van der Waals surface area contributed by atoms with Crippen LogP contribution in [0, 0.1) is 0 Å². The van der Waals surface area contributed by atoms with Gasteiger partial charge in [-0.05, 0) is 23.6 Å². The van der Waals surface area contributed by atoms with E-state index in [1.54, 1.807) is 17.5 Å². The largest absolute Gasteiger partial charge is 0.388 e. The quantitative estimate of drug-likeness (QED) is 0.798. The summed E-state index contributed by atoms with van der Waals surface area (Å²) in [6.07, 6.45) is 2.77. The van der Waals surface area contributed by atoms with Gasteiger partial charge in [0.2, 0.25) is 0 Å². The van der Waals surface area contributed by atoms with E-state index in [0.29, 0.717) is 6.61 Å². The first-order valence-electron chi connectivity index (χ1n) is 5.61. The van der Waals surface area contributed by atoms with Gasteiger partial charge in [-0.2, -0.15) is 0 Å². The van der Waals surface area contributed by atoms with Gasteiger partial charge in [-0.3, -0.25) is 4.98 Å². The maximum absolute atomic E-state index is 5.61. The predicted octanol–water partition coefficient (Wildman–Crippen LogP) is 2.94. The monoisotopic (exact) mass is 248 g/mol. The van der Waals surface area contributed by atoms with Crippen LogP contribution in [0.25, 0.3) is 0 Å². The molecule has 4 heteroatoms.